The van der Waals surface area contributed by atoms with Gasteiger partial charge in [0.15, 0.2) is 0 Å². The molecule has 1 N–H and O–H groups in total. The number of carbonyl (C=O) groups excluding carboxylic acids is 1. The fourth-order valence-electron chi connectivity index (χ4n) is 4.18. The Morgan fingerprint density at radius 1 is 1.00 bits per heavy atom. The quantitative estimate of drug-likeness (QED) is 0.631. The molecular weight excluding hydrogens is 402 g/mol. The van der Waals surface area contributed by atoms with Gasteiger partial charge in [0.25, 0.3) is 0 Å². The molecule has 0 radical (unpaired) electrons. The number of nitrogens with zero attached hydrogens (tertiary/aromatic N) is 4. The molecule has 2 heterocycles. The lowest BCUT2D eigenvalue weighted by Crippen LogP contribution is -2.50. The van der Waals surface area contributed by atoms with Gasteiger partial charge in [0.2, 0.25) is 11.7 Å². The first-order valence-corrected chi connectivity index (χ1v) is 11.4. The predicted molar refractivity (Wildman–Crippen MR) is 125 cm³/mol. The predicted octanol–water partition coefficient (Wildman–Crippen LogP) is 4.98. The first kappa shape index (κ1) is 20.5. The van der Waals surface area contributed by atoms with Crippen LogP contribution in [0.1, 0.15) is 42.2 Å². The lowest BCUT2D eigenvalue weighted by atomic mass is 9.85. The maximum absolute atomic E-state index is 12.7. The molecule has 2 aromatic carbocycles. The van der Waals surface area contributed by atoms with Crippen molar-refractivity contribution in [2.75, 3.05) is 36.4 Å². The Morgan fingerprint density at radius 2 is 1.75 bits per heavy atom. The van der Waals surface area contributed by atoms with Crippen molar-refractivity contribution in [1.82, 2.24) is 15.0 Å². The van der Waals surface area contributed by atoms with Gasteiger partial charge in [-0.1, -0.05) is 17.6 Å². The summed E-state index contributed by atoms with van der Waals surface area (Å²) in [5.74, 6) is 1.87. The number of hydrogen-bond donors (Lipinski definition) is 1. The Morgan fingerprint density at radius 3 is 2.41 bits per heavy atom. The van der Waals surface area contributed by atoms with Crippen molar-refractivity contribution < 1.29 is 9.32 Å². The van der Waals surface area contributed by atoms with E-state index in [0.717, 1.165) is 48.8 Å². The Kier molecular flexibility index (Phi) is 5.55. The second-order valence-electron chi connectivity index (χ2n) is 8.83. The molecule has 0 unspecified atom stereocenters. The summed E-state index contributed by atoms with van der Waals surface area (Å²) in [7, 11) is 0. The summed E-state index contributed by atoms with van der Waals surface area (Å²) in [6.45, 7) is 7.10. The highest BCUT2D eigenvalue weighted by Crippen LogP contribution is 2.36. The third-order valence-electron chi connectivity index (χ3n) is 6.71. The van der Waals surface area contributed by atoms with Crippen LogP contribution in [0.4, 0.5) is 16.2 Å². The van der Waals surface area contributed by atoms with Crippen molar-refractivity contribution >= 4 is 17.4 Å². The number of piperazine rings is 1. The van der Waals surface area contributed by atoms with Gasteiger partial charge in [0.05, 0.1) is 0 Å². The van der Waals surface area contributed by atoms with Crippen LogP contribution < -0.4 is 10.2 Å². The van der Waals surface area contributed by atoms with Gasteiger partial charge in [-0.3, -0.25) is 0 Å². The monoisotopic (exact) mass is 431 g/mol. The number of benzene rings is 2. The molecule has 2 amide bonds. The molecule has 1 saturated carbocycles. The van der Waals surface area contributed by atoms with E-state index in [4.69, 9.17) is 4.52 Å². The molecule has 32 heavy (non-hydrogen) atoms. The zero-order valence-electron chi connectivity index (χ0n) is 18.7. The molecule has 166 valence electrons. The average Bonchev–Trinajstić information content (AvgIpc) is 3.25. The lowest BCUT2D eigenvalue weighted by Gasteiger charge is -2.36. The lowest BCUT2D eigenvalue weighted by molar-refractivity contribution is 0.208. The van der Waals surface area contributed by atoms with Crippen molar-refractivity contribution in [2.24, 2.45) is 0 Å². The summed E-state index contributed by atoms with van der Waals surface area (Å²) < 4.78 is 5.44. The van der Waals surface area contributed by atoms with Crippen molar-refractivity contribution in [3.05, 3.63) is 59.5 Å². The second-order valence-corrected chi connectivity index (χ2v) is 8.83. The number of carbonyl (C=O) groups is 1. The smallest absolute Gasteiger partial charge is 0.321 e. The Labute approximate surface area is 188 Å². The minimum atomic E-state index is -0.0392. The van der Waals surface area contributed by atoms with E-state index >= 15 is 0 Å². The highest BCUT2D eigenvalue weighted by molar-refractivity contribution is 5.89. The average molecular weight is 432 g/mol. The second kappa shape index (κ2) is 8.65. The summed E-state index contributed by atoms with van der Waals surface area (Å²) in [4.78, 5) is 21.4. The molecule has 0 spiro atoms. The number of aromatic nitrogens is 2. The highest BCUT2D eigenvalue weighted by Gasteiger charge is 2.26. The van der Waals surface area contributed by atoms with Crippen LogP contribution in [-0.4, -0.2) is 47.3 Å². The van der Waals surface area contributed by atoms with E-state index in [9.17, 15) is 4.79 Å². The van der Waals surface area contributed by atoms with Gasteiger partial charge < -0.3 is 19.6 Å². The third kappa shape index (κ3) is 4.20. The molecule has 0 bridgehead atoms. The zero-order valence-corrected chi connectivity index (χ0v) is 18.7. The number of hydrogen-bond acceptors (Lipinski definition) is 5. The SMILES string of the molecule is Cc1ccc(NC(=O)N2CCN(c3ccc(-c4noc(C5CCC5)n4)cc3)CC2)cc1C. The van der Waals surface area contributed by atoms with Gasteiger partial charge in [-0.15, -0.1) is 0 Å². The Balaban J connectivity index is 1.16. The van der Waals surface area contributed by atoms with Crippen LogP contribution in [0.3, 0.4) is 0 Å². The topological polar surface area (TPSA) is 74.5 Å². The van der Waals surface area contributed by atoms with Gasteiger partial charge in [-0.2, -0.15) is 4.98 Å². The number of urea groups is 1. The molecule has 2 aliphatic rings. The maximum atomic E-state index is 12.7. The zero-order chi connectivity index (χ0) is 22.1. The molecule has 2 fully saturated rings. The Bertz CT molecular complexity index is 1100. The molecule has 7 heteroatoms. The first-order chi connectivity index (χ1) is 15.6. The van der Waals surface area contributed by atoms with Crippen LogP contribution >= 0.6 is 0 Å². The molecule has 1 aliphatic carbocycles. The van der Waals surface area contributed by atoms with E-state index in [1.165, 1.54) is 17.5 Å². The van der Waals surface area contributed by atoms with Crippen LogP contribution in [0.5, 0.6) is 0 Å². The van der Waals surface area contributed by atoms with E-state index < -0.39 is 0 Å². The fourth-order valence-corrected chi connectivity index (χ4v) is 4.18. The van der Waals surface area contributed by atoms with Gasteiger partial charge >= 0.3 is 6.03 Å². The summed E-state index contributed by atoms with van der Waals surface area (Å²) in [5, 5.41) is 7.18. The number of rotatable bonds is 4. The Hall–Kier alpha value is -3.35. The maximum Gasteiger partial charge on any atom is 0.321 e. The fraction of sp³-hybridized carbons (Fsp3) is 0.400. The van der Waals surface area contributed by atoms with E-state index in [-0.39, 0.29) is 6.03 Å². The van der Waals surface area contributed by atoms with E-state index in [1.807, 2.05) is 35.2 Å². The summed E-state index contributed by atoms with van der Waals surface area (Å²) in [6.07, 6.45) is 3.54. The molecule has 5 rings (SSSR count). The van der Waals surface area contributed by atoms with Crippen LogP contribution in [0.15, 0.2) is 47.0 Å². The number of amides is 2. The van der Waals surface area contributed by atoms with E-state index in [1.54, 1.807) is 0 Å². The van der Waals surface area contributed by atoms with Gasteiger partial charge in [0.1, 0.15) is 0 Å². The van der Waals surface area contributed by atoms with Crippen molar-refractivity contribution in [3.63, 3.8) is 0 Å². The van der Waals surface area contributed by atoms with Crippen molar-refractivity contribution in [2.45, 2.75) is 39.0 Å². The van der Waals surface area contributed by atoms with Crippen LogP contribution in [0.25, 0.3) is 11.4 Å². The van der Waals surface area contributed by atoms with Gasteiger partial charge in [-0.25, -0.2) is 4.79 Å². The number of aryl methyl sites for hydroxylation is 2. The highest BCUT2D eigenvalue weighted by atomic mass is 16.5. The molecular formula is C25H29N5O2. The minimum Gasteiger partial charge on any atom is -0.368 e. The van der Waals surface area contributed by atoms with E-state index in [0.29, 0.717) is 24.8 Å². The molecule has 3 aromatic rings. The van der Waals surface area contributed by atoms with Crippen LogP contribution in [-0.2, 0) is 0 Å². The number of nitrogens with one attached hydrogen (secondary N) is 1. The molecule has 1 saturated heterocycles. The summed E-state index contributed by atoms with van der Waals surface area (Å²) in [6, 6.07) is 14.3. The van der Waals surface area contributed by atoms with E-state index in [2.05, 4.69) is 46.3 Å². The van der Waals surface area contributed by atoms with Crippen LogP contribution in [0.2, 0.25) is 0 Å². The summed E-state index contributed by atoms with van der Waals surface area (Å²) >= 11 is 0. The molecule has 0 atom stereocenters. The molecule has 7 nitrogen and oxygen atoms in total. The third-order valence-corrected chi connectivity index (χ3v) is 6.71. The van der Waals surface area contributed by atoms with Gasteiger partial charge in [-0.05, 0) is 74.2 Å². The molecule has 1 aliphatic heterocycles. The van der Waals surface area contributed by atoms with Gasteiger partial charge in [0, 0.05) is 49.0 Å². The molecule has 1 aromatic heterocycles. The largest absolute Gasteiger partial charge is 0.368 e. The van der Waals surface area contributed by atoms with Crippen molar-refractivity contribution in [1.29, 1.82) is 0 Å². The summed E-state index contributed by atoms with van der Waals surface area (Å²) in [5.41, 5.74) is 5.36. The first-order valence-electron chi connectivity index (χ1n) is 11.4. The van der Waals surface area contributed by atoms with Crippen molar-refractivity contribution in [3.8, 4) is 11.4 Å². The van der Waals surface area contributed by atoms with Crippen LogP contribution in [0, 0.1) is 13.8 Å². The normalized spacial score (nSPS) is 16.7. The standard InChI is InChI=1S/C25H29N5O2/c1-17-6-9-21(16-18(17)2)26-25(31)30-14-12-29(13-15-30)22-10-7-19(8-11-22)23-27-24(32-28-23)20-4-3-5-20/h6-11,16,20H,3-5,12-15H2,1-2H3,(H,26,31). The number of anilines is 2. The minimum absolute atomic E-state index is 0.0392.